The zero-order chi connectivity index (χ0) is 15.1. The summed E-state index contributed by atoms with van der Waals surface area (Å²) in [6.45, 7) is 0.832. The summed E-state index contributed by atoms with van der Waals surface area (Å²) in [6, 6.07) is 2.14. The highest BCUT2D eigenvalue weighted by atomic mass is 19.1. The van der Waals surface area contributed by atoms with E-state index in [0.29, 0.717) is 19.6 Å². The number of rotatable bonds is 7. The molecule has 0 aliphatic carbocycles. The van der Waals surface area contributed by atoms with Crippen LogP contribution < -0.4 is 4.74 Å². The lowest BCUT2D eigenvalue weighted by molar-refractivity contribution is -0.163. The van der Waals surface area contributed by atoms with Gasteiger partial charge in [-0.1, -0.05) is 0 Å². The molecule has 1 aliphatic rings. The van der Waals surface area contributed by atoms with Gasteiger partial charge in [0, 0.05) is 30.7 Å². The first-order valence-corrected chi connectivity index (χ1v) is 7.15. The van der Waals surface area contributed by atoms with Gasteiger partial charge in [-0.05, 0) is 19.3 Å². The Balaban J connectivity index is 1.68. The first kappa shape index (κ1) is 16.1. The molecule has 1 N–H and O–H groups in total. The van der Waals surface area contributed by atoms with Gasteiger partial charge in [0.2, 0.25) is 0 Å². The van der Waals surface area contributed by atoms with E-state index in [9.17, 15) is 8.78 Å². The smallest absolute Gasteiger partial charge is 0.157 e. The van der Waals surface area contributed by atoms with Gasteiger partial charge < -0.3 is 19.3 Å². The summed E-state index contributed by atoms with van der Waals surface area (Å²) in [5.74, 6) is -1.50. The van der Waals surface area contributed by atoms with Crippen LogP contribution in [-0.2, 0) is 16.1 Å². The van der Waals surface area contributed by atoms with Gasteiger partial charge in [0.05, 0.1) is 19.8 Å². The molecule has 0 saturated carbocycles. The number of benzene rings is 1. The van der Waals surface area contributed by atoms with E-state index in [1.807, 2.05) is 0 Å². The summed E-state index contributed by atoms with van der Waals surface area (Å²) in [6.07, 6.45) is 3.54. The molecule has 0 spiro atoms. The van der Waals surface area contributed by atoms with Crippen LogP contribution in [0.2, 0.25) is 0 Å². The minimum absolute atomic E-state index is 0.108. The average molecular weight is 302 g/mol. The van der Waals surface area contributed by atoms with Gasteiger partial charge in [0.25, 0.3) is 0 Å². The Labute approximate surface area is 122 Å². The van der Waals surface area contributed by atoms with Crippen molar-refractivity contribution >= 4 is 0 Å². The van der Waals surface area contributed by atoms with Gasteiger partial charge in [0.1, 0.15) is 17.4 Å². The number of hydrogen-bond acceptors (Lipinski definition) is 4. The summed E-state index contributed by atoms with van der Waals surface area (Å²) in [5.41, 5.74) is -0.347. The highest BCUT2D eigenvalue weighted by Crippen LogP contribution is 2.21. The Bertz CT molecular complexity index is 424. The van der Waals surface area contributed by atoms with Gasteiger partial charge in [0.15, 0.2) is 6.29 Å². The normalized spacial score (nSPS) is 18.7. The van der Waals surface area contributed by atoms with Crippen molar-refractivity contribution in [3.8, 4) is 5.75 Å². The largest absolute Gasteiger partial charge is 0.493 e. The van der Waals surface area contributed by atoms with E-state index in [-0.39, 0.29) is 17.6 Å². The summed E-state index contributed by atoms with van der Waals surface area (Å²) in [4.78, 5) is 0. The second-order valence-corrected chi connectivity index (χ2v) is 4.89. The van der Waals surface area contributed by atoms with Crippen LogP contribution in [0.4, 0.5) is 8.78 Å². The highest BCUT2D eigenvalue weighted by Gasteiger charge is 2.14. The molecule has 1 unspecified atom stereocenters. The first-order valence-electron chi connectivity index (χ1n) is 7.15. The Kier molecular flexibility index (Phi) is 6.35. The Morgan fingerprint density at radius 2 is 1.95 bits per heavy atom. The fraction of sp³-hybridized carbons (Fsp3) is 0.600. The minimum Gasteiger partial charge on any atom is -0.493 e. The fourth-order valence-electron chi connectivity index (χ4n) is 2.12. The molecule has 1 heterocycles. The zero-order valence-electron chi connectivity index (χ0n) is 11.8. The van der Waals surface area contributed by atoms with Crippen molar-refractivity contribution in [3.05, 3.63) is 29.3 Å². The maximum absolute atomic E-state index is 13.4. The lowest BCUT2D eigenvalue weighted by atomic mass is 10.2. The number of aliphatic hydroxyl groups is 1. The quantitative estimate of drug-likeness (QED) is 0.787. The first-order chi connectivity index (χ1) is 10.2. The monoisotopic (exact) mass is 302 g/mol. The molecule has 0 bridgehead atoms. The molecule has 1 saturated heterocycles. The van der Waals surface area contributed by atoms with Crippen molar-refractivity contribution in [3.63, 3.8) is 0 Å². The van der Waals surface area contributed by atoms with E-state index < -0.39 is 18.2 Å². The Morgan fingerprint density at radius 1 is 1.19 bits per heavy atom. The molecule has 1 atom stereocenters. The Morgan fingerprint density at radius 3 is 2.57 bits per heavy atom. The minimum atomic E-state index is -0.806. The van der Waals surface area contributed by atoms with E-state index in [4.69, 9.17) is 19.3 Å². The van der Waals surface area contributed by atoms with Gasteiger partial charge >= 0.3 is 0 Å². The van der Waals surface area contributed by atoms with Gasteiger partial charge in [-0.3, -0.25) is 0 Å². The van der Waals surface area contributed by atoms with Crippen LogP contribution in [0.5, 0.6) is 5.75 Å². The summed E-state index contributed by atoms with van der Waals surface area (Å²) < 4.78 is 43.0. The van der Waals surface area contributed by atoms with Gasteiger partial charge in [-0.2, -0.15) is 0 Å². The fourth-order valence-corrected chi connectivity index (χ4v) is 2.12. The topological polar surface area (TPSA) is 47.9 Å². The van der Waals surface area contributed by atoms with Crippen LogP contribution >= 0.6 is 0 Å². The number of ether oxygens (including phenoxy) is 3. The van der Waals surface area contributed by atoms with Crippen molar-refractivity contribution in [1.82, 2.24) is 0 Å². The van der Waals surface area contributed by atoms with Crippen LogP contribution in [0.25, 0.3) is 0 Å². The van der Waals surface area contributed by atoms with Crippen LogP contribution in [-0.4, -0.2) is 31.2 Å². The van der Waals surface area contributed by atoms with E-state index in [2.05, 4.69) is 0 Å². The third kappa shape index (κ3) is 4.91. The number of aliphatic hydroxyl groups excluding tert-OH is 1. The van der Waals surface area contributed by atoms with E-state index in [1.54, 1.807) is 0 Å². The molecule has 1 aliphatic heterocycles. The molecule has 0 radical (unpaired) electrons. The molecule has 6 heteroatoms. The third-order valence-electron chi connectivity index (χ3n) is 3.27. The molecular weight excluding hydrogens is 282 g/mol. The van der Waals surface area contributed by atoms with Crippen molar-refractivity contribution in [2.45, 2.75) is 38.6 Å². The molecule has 1 fully saturated rings. The van der Waals surface area contributed by atoms with Crippen LogP contribution in [0, 0.1) is 11.6 Å². The third-order valence-corrected chi connectivity index (χ3v) is 3.27. The predicted octanol–water partition coefficient (Wildman–Crippen LogP) is 2.77. The van der Waals surface area contributed by atoms with Crippen LogP contribution in [0.1, 0.15) is 31.2 Å². The molecule has 0 aromatic heterocycles. The molecule has 21 heavy (non-hydrogen) atoms. The van der Waals surface area contributed by atoms with Crippen molar-refractivity contribution in [2.24, 2.45) is 0 Å². The van der Waals surface area contributed by atoms with E-state index in [0.717, 1.165) is 38.0 Å². The molecule has 4 nitrogen and oxygen atoms in total. The summed E-state index contributed by atoms with van der Waals surface area (Å²) in [7, 11) is 0. The van der Waals surface area contributed by atoms with Crippen molar-refractivity contribution in [2.75, 3.05) is 19.8 Å². The van der Waals surface area contributed by atoms with Gasteiger partial charge in [-0.25, -0.2) is 8.78 Å². The molecule has 118 valence electrons. The summed E-state index contributed by atoms with van der Waals surface area (Å²) in [5, 5.41) is 8.81. The molecule has 1 aromatic carbocycles. The maximum Gasteiger partial charge on any atom is 0.157 e. The van der Waals surface area contributed by atoms with Crippen LogP contribution in [0.3, 0.4) is 0 Å². The average Bonchev–Trinajstić information content (AvgIpc) is 2.48. The predicted molar refractivity (Wildman–Crippen MR) is 71.9 cm³/mol. The second-order valence-electron chi connectivity index (χ2n) is 4.89. The lowest BCUT2D eigenvalue weighted by Gasteiger charge is -2.22. The summed E-state index contributed by atoms with van der Waals surface area (Å²) >= 11 is 0. The standard InChI is InChI=1S/C15H20F2O4/c16-13-8-11(9-14(17)12(13)10-18)19-6-3-7-21-15-4-1-2-5-20-15/h8-9,15,18H,1-7,10H2. The molecule has 0 amide bonds. The Hall–Kier alpha value is -1.24. The van der Waals surface area contributed by atoms with Crippen molar-refractivity contribution < 1.29 is 28.1 Å². The SMILES string of the molecule is OCc1c(F)cc(OCCCOC2CCCCO2)cc1F. The molecular formula is C15H20F2O4. The lowest BCUT2D eigenvalue weighted by Crippen LogP contribution is -2.23. The van der Waals surface area contributed by atoms with Gasteiger partial charge in [-0.15, -0.1) is 0 Å². The van der Waals surface area contributed by atoms with E-state index in [1.165, 1.54) is 0 Å². The maximum atomic E-state index is 13.4. The number of halogens is 2. The van der Waals surface area contributed by atoms with Crippen molar-refractivity contribution in [1.29, 1.82) is 0 Å². The second kappa shape index (κ2) is 8.26. The molecule has 1 aromatic rings. The molecule has 2 rings (SSSR count). The van der Waals surface area contributed by atoms with Crippen LogP contribution in [0.15, 0.2) is 12.1 Å². The highest BCUT2D eigenvalue weighted by molar-refractivity contribution is 5.30. The zero-order valence-corrected chi connectivity index (χ0v) is 11.8. The number of hydrogen-bond donors (Lipinski definition) is 1. The van der Waals surface area contributed by atoms with E-state index >= 15 is 0 Å².